The van der Waals surface area contributed by atoms with Gasteiger partial charge in [-0.15, -0.1) is 5.10 Å². The zero-order valence-corrected chi connectivity index (χ0v) is 13.4. The Morgan fingerprint density at radius 2 is 2.23 bits per heavy atom. The highest BCUT2D eigenvalue weighted by Crippen LogP contribution is 2.28. The number of rotatable bonds is 7. The van der Waals surface area contributed by atoms with Crippen LogP contribution in [0.1, 0.15) is 44.9 Å². The van der Waals surface area contributed by atoms with Gasteiger partial charge in [-0.1, -0.05) is 6.92 Å². The molecule has 122 valence electrons. The molecule has 1 aliphatic carbocycles. The van der Waals surface area contributed by atoms with E-state index in [0.29, 0.717) is 0 Å². The van der Waals surface area contributed by atoms with Gasteiger partial charge in [0.1, 0.15) is 0 Å². The van der Waals surface area contributed by atoms with Gasteiger partial charge >= 0.3 is 0 Å². The van der Waals surface area contributed by atoms with Gasteiger partial charge in [-0.3, -0.25) is 9.69 Å². The summed E-state index contributed by atoms with van der Waals surface area (Å²) in [6, 6.07) is 0. The monoisotopic (exact) mass is 306 g/mol. The normalized spacial score (nSPS) is 22.7. The lowest BCUT2D eigenvalue weighted by Gasteiger charge is -2.31. The lowest BCUT2D eigenvalue weighted by molar-refractivity contribution is -0.126. The maximum Gasteiger partial charge on any atom is 0.224 e. The minimum Gasteiger partial charge on any atom is -0.356 e. The fraction of sp³-hybridized carbons (Fsp3) is 0.867. The third-order valence-corrected chi connectivity index (χ3v) is 4.54. The number of aryl methyl sites for hydroxylation is 1. The van der Waals surface area contributed by atoms with E-state index in [1.165, 1.54) is 12.8 Å². The summed E-state index contributed by atoms with van der Waals surface area (Å²) >= 11 is 0. The molecule has 1 N–H and O–H groups in total. The van der Waals surface area contributed by atoms with Crippen molar-refractivity contribution >= 4 is 5.91 Å². The minimum absolute atomic E-state index is 0.114. The molecule has 22 heavy (non-hydrogen) atoms. The van der Waals surface area contributed by atoms with Crippen molar-refractivity contribution in [3.8, 4) is 0 Å². The summed E-state index contributed by atoms with van der Waals surface area (Å²) in [7, 11) is 0. The van der Waals surface area contributed by atoms with Crippen LogP contribution >= 0.6 is 0 Å². The smallest absolute Gasteiger partial charge is 0.224 e. The van der Waals surface area contributed by atoms with E-state index in [4.69, 9.17) is 0 Å². The molecular weight excluding hydrogens is 280 g/mol. The molecule has 0 radical (unpaired) electrons. The van der Waals surface area contributed by atoms with Crippen molar-refractivity contribution in [3.05, 3.63) is 5.82 Å². The van der Waals surface area contributed by atoms with Crippen LogP contribution in [0, 0.1) is 11.8 Å². The zero-order valence-electron chi connectivity index (χ0n) is 13.4. The maximum absolute atomic E-state index is 12.3. The Morgan fingerprint density at radius 1 is 1.36 bits per heavy atom. The Hall–Kier alpha value is -1.50. The van der Waals surface area contributed by atoms with E-state index >= 15 is 0 Å². The number of tetrazole rings is 1. The molecule has 2 aliphatic rings. The molecule has 0 aromatic carbocycles. The van der Waals surface area contributed by atoms with E-state index < -0.39 is 0 Å². The number of carbonyl (C=O) groups is 1. The lowest BCUT2D eigenvalue weighted by atomic mass is 9.97. The van der Waals surface area contributed by atoms with Crippen molar-refractivity contribution in [1.82, 2.24) is 30.4 Å². The van der Waals surface area contributed by atoms with Crippen LogP contribution in [0.5, 0.6) is 0 Å². The van der Waals surface area contributed by atoms with E-state index in [1.54, 1.807) is 0 Å². The maximum atomic E-state index is 12.3. The van der Waals surface area contributed by atoms with Crippen molar-refractivity contribution in [3.63, 3.8) is 0 Å². The Morgan fingerprint density at radius 3 is 3.00 bits per heavy atom. The van der Waals surface area contributed by atoms with Crippen molar-refractivity contribution in [2.24, 2.45) is 11.8 Å². The van der Waals surface area contributed by atoms with Crippen molar-refractivity contribution in [2.75, 3.05) is 19.6 Å². The fourth-order valence-corrected chi connectivity index (χ4v) is 3.05. The second kappa shape index (κ2) is 7.17. The van der Waals surface area contributed by atoms with Crippen LogP contribution in [0.4, 0.5) is 0 Å². The van der Waals surface area contributed by atoms with E-state index in [9.17, 15) is 4.79 Å². The van der Waals surface area contributed by atoms with Crippen molar-refractivity contribution < 1.29 is 4.79 Å². The number of hydrogen-bond donors (Lipinski definition) is 1. The Kier molecular flexibility index (Phi) is 5.02. The van der Waals surface area contributed by atoms with Gasteiger partial charge in [0.15, 0.2) is 5.82 Å². The summed E-state index contributed by atoms with van der Waals surface area (Å²) in [6.45, 7) is 6.40. The molecule has 7 nitrogen and oxygen atoms in total. The van der Waals surface area contributed by atoms with E-state index in [2.05, 4.69) is 32.7 Å². The quantitative estimate of drug-likeness (QED) is 0.807. The Labute approximate surface area is 131 Å². The third-order valence-electron chi connectivity index (χ3n) is 4.54. The first kappa shape index (κ1) is 15.4. The molecule has 1 unspecified atom stereocenters. The van der Waals surface area contributed by atoms with Gasteiger partial charge in [-0.25, -0.2) is 4.68 Å². The molecule has 3 rings (SSSR count). The standard InChI is InChI=1S/C15H26N6O/c1-2-7-21-14(17-18-19-21)11-20-8-3-4-13(10-20)15(22)16-9-12-5-6-12/h12-13H,2-11H2,1H3,(H,16,22). The van der Waals surface area contributed by atoms with Gasteiger partial charge in [0, 0.05) is 19.6 Å². The van der Waals surface area contributed by atoms with Gasteiger partial charge in [-0.05, 0) is 55.0 Å². The molecule has 1 saturated heterocycles. The highest BCUT2D eigenvalue weighted by atomic mass is 16.1. The molecular formula is C15H26N6O. The van der Waals surface area contributed by atoms with Crippen LogP contribution in [0.3, 0.4) is 0 Å². The SMILES string of the molecule is CCCn1nnnc1CN1CCCC(C(=O)NCC2CC2)C1. The van der Waals surface area contributed by atoms with Gasteiger partial charge < -0.3 is 5.32 Å². The molecule has 1 aliphatic heterocycles. The summed E-state index contributed by atoms with van der Waals surface area (Å²) in [6.07, 6.45) is 5.63. The van der Waals surface area contributed by atoms with E-state index in [1.807, 2.05) is 4.68 Å². The van der Waals surface area contributed by atoms with Crippen LogP contribution in [-0.4, -0.2) is 50.6 Å². The van der Waals surface area contributed by atoms with Crippen molar-refractivity contribution in [2.45, 2.75) is 52.1 Å². The predicted octanol–water partition coefficient (Wildman–Crippen LogP) is 0.821. The average Bonchev–Trinajstić information content (AvgIpc) is 3.27. The molecule has 1 aromatic rings. The Bertz CT molecular complexity index is 498. The molecule has 0 bridgehead atoms. The number of hydrogen-bond acceptors (Lipinski definition) is 5. The number of nitrogens with one attached hydrogen (secondary N) is 1. The zero-order chi connectivity index (χ0) is 15.4. The molecule has 1 saturated carbocycles. The van der Waals surface area contributed by atoms with Crippen LogP contribution < -0.4 is 5.32 Å². The molecule has 2 fully saturated rings. The molecule has 7 heteroatoms. The minimum atomic E-state index is 0.114. The van der Waals surface area contributed by atoms with Gasteiger partial charge in [0.2, 0.25) is 5.91 Å². The topological polar surface area (TPSA) is 75.9 Å². The molecule has 1 atom stereocenters. The van der Waals surface area contributed by atoms with Crippen molar-refractivity contribution in [1.29, 1.82) is 0 Å². The first-order chi connectivity index (χ1) is 10.8. The summed E-state index contributed by atoms with van der Waals surface area (Å²) in [5, 5.41) is 15.0. The molecule has 0 spiro atoms. The lowest BCUT2D eigenvalue weighted by Crippen LogP contribution is -2.43. The molecule has 2 heterocycles. The summed E-state index contributed by atoms with van der Waals surface area (Å²) in [4.78, 5) is 14.6. The van der Waals surface area contributed by atoms with Gasteiger partial charge in [-0.2, -0.15) is 0 Å². The predicted molar refractivity (Wildman–Crippen MR) is 81.8 cm³/mol. The Balaban J connectivity index is 1.51. The number of aromatic nitrogens is 4. The number of amides is 1. The summed E-state index contributed by atoms with van der Waals surface area (Å²) in [5.41, 5.74) is 0. The average molecular weight is 306 g/mol. The largest absolute Gasteiger partial charge is 0.356 e. The number of likely N-dealkylation sites (tertiary alicyclic amines) is 1. The first-order valence-electron chi connectivity index (χ1n) is 8.51. The second-order valence-corrected chi connectivity index (χ2v) is 6.58. The number of nitrogens with zero attached hydrogens (tertiary/aromatic N) is 5. The highest BCUT2D eigenvalue weighted by molar-refractivity contribution is 5.79. The van der Waals surface area contributed by atoms with Crippen LogP contribution in [0.2, 0.25) is 0 Å². The van der Waals surface area contributed by atoms with Gasteiger partial charge in [0.05, 0.1) is 12.5 Å². The summed E-state index contributed by atoms with van der Waals surface area (Å²) in [5.74, 6) is 1.98. The molecule has 1 amide bonds. The highest BCUT2D eigenvalue weighted by Gasteiger charge is 2.28. The second-order valence-electron chi connectivity index (χ2n) is 6.58. The van der Waals surface area contributed by atoms with Crippen LogP contribution in [0.15, 0.2) is 0 Å². The molecule has 1 aromatic heterocycles. The van der Waals surface area contributed by atoms with Crippen LogP contribution in [0.25, 0.3) is 0 Å². The number of carbonyl (C=O) groups excluding carboxylic acids is 1. The van der Waals surface area contributed by atoms with Gasteiger partial charge in [0.25, 0.3) is 0 Å². The third kappa shape index (κ3) is 4.03. The first-order valence-corrected chi connectivity index (χ1v) is 8.51. The summed E-state index contributed by atoms with van der Waals surface area (Å²) < 4.78 is 1.87. The fourth-order valence-electron chi connectivity index (χ4n) is 3.05. The number of piperidine rings is 1. The van der Waals surface area contributed by atoms with E-state index in [-0.39, 0.29) is 11.8 Å². The van der Waals surface area contributed by atoms with E-state index in [0.717, 1.165) is 63.7 Å². The van der Waals surface area contributed by atoms with Crippen LogP contribution in [-0.2, 0) is 17.9 Å².